The minimum Gasteiger partial charge on any atom is -0.480 e. The Bertz CT molecular complexity index is 793. The number of carbonyl (C=O) groups excluding carboxylic acids is 2. The van der Waals surface area contributed by atoms with E-state index in [0.717, 1.165) is 0 Å². The second kappa shape index (κ2) is 8.25. The minimum atomic E-state index is -1.17. The van der Waals surface area contributed by atoms with Gasteiger partial charge in [0.05, 0.1) is 0 Å². The van der Waals surface area contributed by atoms with Crippen molar-refractivity contribution >= 4 is 35.1 Å². The number of carboxylic acid groups (broad SMARTS) is 1. The van der Waals surface area contributed by atoms with Crippen molar-refractivity contribution in [2.75, 3.05) is 5.32 Å². The Morgan fingerprint density at radius 2 is 2.00 bits per heavy atom. The Balaban J connectivity index is 2.11. The normalized spacial score (nSPS) is 11.4. The highest BCUT2D eigenvalue weighted by Crippen LogP contribution is 2.12. The molecule has 8 heteroatoms. The zero-order valence-corrected chi connectivity index (χ0v) is 14.1. The molecule has 1 atom stereocenters. The third kappa shape index (κ3) is 5.58. The number of aliphatic carboxylic acids is 1. The van der Waals surface area contributed by atoms with Crippen LogP contribution < -0.4 is 10.6 Å². The molecule has 0 saturated carbocycles. The van der Waals surface area contributed by atoms with Crippen molar-refractivity contribution in [3.63, 3.8) is 0 Å². The number of aromatic nitrogens is 1. The van der Waals surface area contributed by atoms with Crippen LogP contribution in [0.3, 0.4) is 0 Å². The number of carboxylic acids is 1. The summed E-state index contributed by atoms with van der Waals surface area (Å²) in [6.07, 6.45) is 1.53. The summed E-state index contributed by atoms with van der Waals surface area (Å²) in [4.78, 5) is 38.7. The highest BCUT2D eigenvalue weighted by atomic mass is 35.5. The van der Waals surface area contributed by atoms with E-state index < -0.39 is 17.9 Å². The Labute approximate surface area is 149 Å². The lowest BCUT2D eigenvalue weighted by molar-refractivity contribution is -0.139. The van der Waals surface area contributed by atoms with Gasteiger partial charge in [0.15, 0.2) is 0 Å². The molecule has 25 heavy (non-hydrogen) atoms. The van der Waals surface area contributed by atoms with Gasteiger partial charge in [-0.05, 0) is 29.8 Å². The van der Waals surface area contributed by atoms with E-state index in [0.29, 0.717) is 16.4 Å². The van der Waals surface area contributed by atoms with Crippen molar-refractivity contribution in [2.24, 2.45) is 0 Å². The molecule has 130 valence electrons. The van der Waals surface area contributed by atoms with Crippen molar-refractivity contribution < 1.29 is 19.5 Å². The standard InChI is InChI=1S/C17H16ClN3O4/c1-10(22)20-13-4-2-3-12(8-13)16(23)21-14(17(24)25)7-11-5-6-15(18)19-9-11/h2-6,8-9,14H,7H2,1H3,(H,20,22)(H,21,23)(H,24,25)/t14-/m0/s1. The third-order valence-corrected chi connectivity index (χ3v) is 3.50. The average Bonchev–Trinajstić information content (AvgIpc) is 2.55. The van der Waals surface area contributed by atoms with Gasteiger partial charge < -0.3 is 15.7 Å². The second-order valence-electron chi connectivity index (χ2n) is 5.32. The molecule has 0 aliphatic rings. The first-order valence-corrected chi connectivity index (χ1v) is 7.74. The quantitative estimate of drug-likeness (QED) is 0.683. The molecule has 1 aromatic heterocycles. The molecule has 0 saturated heterocycles. The van der Waals surface area contributed by atoms with Crippen LogP contribution in [0.1, 0.15) is 22.8 Å². The number of halogens is 1. The summed E-state index contributed by atoms with van der Waals surface area (Å²) in [7, 11) is 0. The fourth-order valence-corrected chi connectivity index (χ4v) is 2.26. The van der Waals surface area contributed by atoms with Gasteiger partial charge in [0.2, 0.25) is 5.91 Å². The number of nitrogens with zero attached hydrogens (tertiary/aromatic N) is 1. The first-order chi connectivity index (χ1) is 11.8. The van der Waals surface area contributed by atoms with E-state index in [2.05, 4.69) is 15.6 Å². The van der Waals surface area contributed by atoms with Crippen LogP contribution in [0.5, 0.6) is 0 Å². The van der Waals surface area contributed by atoms with Gasteiger partial charge in [-0.3, -0.25) is 9.59 Å². The van der Waals surface area contributed by atoms with Crippen LogP contribution in [0, 0.1) is 0 Å². The maximum Gasteiger partial charge on any atom is 0.326 e. The predicted molar refractivity (Wildman–Crippen MR) is 92.6 cm³/mol. The number of benzene rings is 1. The van der Waals surface area contributed by atoms with Gasteiger partial charge in [-0.15, -0.1) is 0 Å². The molecule has 2 aromatic rings. The molecule has 0 aliphatic heterocycles. The van der Waals surface area contributed by atoms with Crippen molar-refractivity contribution in [3.05, 3.63) is 58.9 Å². The summed E-state index contributed by atoms with van der Waals surface area (Å²) >= 11 is 5.70. The fraction of sp³-hybridized carbons (Fsp3) is 0.176. The van der Waals surface area contributed by atoms with E-state index in [1.807, 2.05) is 0 Å². The average molecular weight is 362 g/mol. The molecule has 0 unspecified atom stereocenters. The van der Waals surface area contributed by atoms with Crippen LogP contribution in [-0.2, 0) is 16.0 Å². The van der Waals surface area contributed by atoms with E-state index in [1.165, 1.54) is 25.3 Å². The summed E-state index contributed by atoms with van der Waals surface area (Å²) in [6.45, 7) is 1.35. The maximum absolute atomic E-state index is 12.3. The molecule has 3 N–H and O–H groups in total. The van der Waals surface area contributed by atoms with Gasteiger partial charge in [0, 0.05) is 30.8 Å². The molecule has 1 heterocycles. The molecule has 1 aromatic carbocycles. The number of nitrogens with one attached hydrogen (secondary N) is 2. The number of pyridine rings is 1. The molecule has 0 radical (unpaired) electrons. The minimum absolute atomic E-state index is 0.0661. The van der Waals surface area contributed by atoms with E-state index in [4.69, 9.17) is 11.6 Å². The van der Waals surface area contributed by atoms with Crippen molar-refractivity contribution in [1.29, 1.82) is 0 Å². The molecule has 0 bridgehead atoms. The van der Waals surface area contributed by atoms with Crippen molar-refractivity contribution in [3.8, 4) is 0 Å². The molecule has 0 spiro atoms. The van der Waals surface area contributed by atoms with Crippen LogP contribution in [0.2, 0.25) is 5.15 Å². The summed E-state index contributed by atoms with van der Waals surface area (Å²) in [5, 5.41) is 14.7. The van der Waals surface area contributed by atoms with Crippen LogP contribution in [0.15, 0.2) is 42.6 Å². The Kier molecular flexibility index (Phi) is 6.08. The lowest BCUT2D eigenvalue weighted by atomic mass is 10.1. The number of anilines is 1. The highest BCUT2D eigenvalue weighted by molar-refractivity contribution is 6.29. The first-order valence-electron chi connectivity index (χ1n) is 7.37. The zero-order valence-electron chi connectivity index (χ0n) is 13.3. The van der Waals surface area contributed by atoms with Gasteiger partial charge >= 0.3 is 5.97 Å². The van der Waals surface area contributed by atoms with E-state index in [1.54, 1.807) is 24.3 Å². The van der Waals surface area contributed by atoms with Crippen LogP contribution in [-0.4, -0.2) is 33.9 Å². The molecular formula is C17H16ClN3O4. The van der Waals surface area contributed by atoms with E-state index in [-0.39, 0.29) is 17.9 Å². The second-order valence-corrected chi connectivity index (χ2v) is 5.71. The van der Waals surface area contributed by atoms with E-state index in [9.17, 15) is 19.5 Å². The van der Waals surface area contributed by atoms with Crippen LogP contribution >= 0.6 is 11.6 Å². The van der Waals surface area contributed by atoms with Crippen molar-refractivity contribution in [1.82, 2.24) is 10.3 Å². The molecular weight excluding hydrogens is 346 g/mol. The van der Waals surface area contributed by atoms with Crippen LogP contribution in [0.4, 0.5) is 5.69 Å². The number of hydrogen-bond acceptors (Lipinski definition) is 4. The molecule has 0 fully saturated rings. The Morgan fingerprint density at radius 1 is 1.24 bits per heavy atom. The van der Waals surface area contributed by atoms with Gasteiger partial charge in [-0.25, -0.2) is 9.78 Å². The number of carbonyl (C=O) groups is 3. The molecule has 0 aliphatic carbocycles. The third-order valence-electron chi connectivity index (χ3n) is 3.28. The highest BCUT2D eigenvalue weighted by Gasteiger charge is 2.21. The van der Waals surface area contributed by atoms with Gasteiger partial charge in [-0.1, -0.05) is 23.7 Å². The monoisotopic (exact) mass is 361 g/mol. The molecule has 7 nitrogen and oxygen atoms in total. The number of hydrogen-bond donors (Lipinski definition) is 3. The summed E-state index contributed by atoms with van der Waals surface area (Å²) in [6, 6.07) is 8.30. The number of rotatable bonds is 6. The largest absolute Gasteiger partial charge is 0.480 e. The molecule has 2 amide bonds. The Morgan fingerprint density at radius 3 is 2.60 bits per heavy atom. The van der Waals surface area contributed by atoms with Crippen LogP contribution in [0.25, 0.3) is 0 Å². The van der Waals surface area contributed by atoms with Crippen molar-refractivity contribution in [2.45, 2.75) is 19.4 Å². The summed E-state index contributed by atoms with van der Waals surface area (Å²) in [5.41, 5.74) is 1.32. The topological polar surface area (TPSA) is 108 Å². The number of amides is 2. The van der Waals surface area contributed by atoms with Gasteiger partial charge in [0.1, 0.15) is 11.2 Å². The van der Waals surface area contributed by atoms with Gasteiger partial charge in [0.25, 0.3) is 5.91 Å². The Hall–Kier alpha value is -2.93. The first kappa shape index (κ1) is 18.4. The SMILES string of the molecule is CC(=O)Nc1cccc(C(=O)N[C@@H](Cc2ccc(Cl)nc2)C(=O)O)c1. The smallest absolute Gasteiger partial charge is 0.326 e. The fourth-order valence-electron chi connectivity index (χ4n) is 2.15. The van der Waals surface area contributed by atoms with E-state index >= 15 is 0 Å². The predicted octanol–water partition coefficient (Wildman–Crippen LogP) is 2.12. The maximum atomic E-state index is 12.3. The lowest BCUT2D eigenvalue weighted by Gasteiger charge is -2.15. The van der Waals surface area contributed by atoms with Gasteiger partial charge in [-0.2, -0.15) is 0 Å². The molecule has 2 rings (SSSR count). The lowest BCUT2D eigenvalue weighted by Crippen LogP contribution is -2.42. The summed E-state index contributed by atoms with van der Waals surface area (Å²) in [5.74, 6) is -1.99. The zero-order chi connectivity index (χ0) is 18.4. The summed E-state index contributed by atoms with van der Waals surface area (Å²) < 4.78 is 0.